The molecule has 0 heterocycles. The Morgan fingerprint density at radius 2 is 1.46 bits per heavy atom. The number of hydrogen-bond acceptors (Lipinski definition) is 7. The summed E-state index contributed by atoms with van der Waals surface area (Å²) in [6.07, 6.45) is 2.77. The summed E-state index contributed by atoms with van der Waals surface area (Å²) < 4.78 is 25.7. The molecule has 7 heteroatoms. The number of methoxy groups -OCH3 is 4. The zero-order chi connectivity index (χ0) is 20.5. The Morgan fingerprint density at radius 1 is 0.821 bits per heavy atom. The summed E-state index contributed by atoms with van der Waals surface area (Å²) in [5.74, 6) is 1.00. The van der Waals surface area contributed by atoms with Gasteiger partial charge in [0.25, 0.3) is 0 Å². The highest BCUT2D eigenvalue weighted by atomic mass is 16.5. The molecule has 28 heavy (non-hydrogen) atoms. The minimum absolute atomic E-state index is 0.274. The number of Topliss-reactive ketones (excluding diaryl/α,β-unsaturated/α-hetero) is 1. The summed E-state index contributed by atoms with van der Waals surface area (Å²) in [5.41, 5.74) is 0.963. The van der Waals surface area contributed by atoms with Crippen molar-refractivity contribution in [2.75, 3.05) is 35.0 Å². The van der Waals surface area contributed by atoms with Crippen molar-refractivity contribution >= 4 is 17.8 Å². The van der Waals surface area contributed by atoms with Crippen LogP contribution in [0.25, 0.3) is 6.08 Å². The molecule has 0 saturated heterocycles. The molecule has 7 nitrogen and oxygen atoms in total. The van der Waals surface area contributed by atoms with E-state index in [4.69, 9.17) is 23.7 Å². The van der Waals surface area contributed by atoms with Crippen LogP contribution in [0.4, 0.5) is 0 Å². The number of esters is 1. The lowest BCUT2D eigenvalue weighted by Crippen LogP contribution is -2.13. The highest BCUT2D eigenvalue weighted by Crippen LogP contribution is 2.25. The molecule has 0 aliphatic heterocycles. The van der Waals surface area contributed by atoms with Gasteiger partial charge in [0.15, 0.2) is 6.61 Å². The second-order valence-corrected chi connectivity index (χ2v) is 5.58. The smallest absolute Gasteiger partial charge is 0.331 e. The molecule has 0 N–H and O–H groups in total. The second-order valence-electron chi connectivity index (χ2n) is 5.58. The van der Waals surface area contributed by atoms with Crippen molar-refractivity contribution in [1.29, 1.82) is 0 Å². The summed E-state index contributed by atoms with van der Waals surface area (Å²) in [7, 11) is 6.02. The van der Waals surface area contributed by atoms with Crippen LogP contribution < -0.4 is 18.9 Å². The lowest BCUT2D eigenvalue weighted by molar-refractivity contribution is -0.136. The Morgan fingerprint density at radius 3 is 2.04 bits per heavy atom. The zero-order valence-corrected chi connectivity index (χ0v) is 16.2. The summed E-state index contributed by atoms with van der Waals surface area (Å²) >= 11 is 0. The summed E-state index contributed by atoms with van der Waals surface area (Å²) in [5, 5.41) is 0. The fourth-order valence-electron chi connectivity index (χ4n) is 2.38. The molecule has 0 unspecified atom stereocenters. The molecule has 0 radical (unpaired) electrons. The number of carbonyl (C=O) groups excluding carboxylic acids is 2. The number of ether oxygens (including phenoxy) is 5. The summed E-state index contributed by atoms with van der Waals surface area (Å²) in [6, 6.07) is 10.0. The lowest BCUT2D eigenvalue weighted by atomic mass is 10.1. The minimum Gasteiger partial charge on any atom is -0.497 e. The van der Waals surface area contributed by atoms with Gasteiger partial charge in [-0.1, -0.05) is 0 Å². The number of carbonyl (C=O) groups is 2. The number of benzene rings is 2. The zero-order valence-electron chi connectivity index (χ0n) is 16.2. The van der Waals surface area contributed by atoms with Crippen molar-refractivity contribution in [3.8, 4) is 23.0 Å². The van der Waals surface area contributed by atoms with Crippen molar-refractivity contribution in [2.24, 2.45) is 0 Å². The molecule has 0 atom stereocenters. The Balaban J connectivity index is 2.02. The van der Waals surface area contributed by atoms with E-state index in [0.29, 0.717) is 28.6 Å². The van der Waals surface area contributed by atoms with Gasteiger partial charge in [-0.3, -0.25) is 4.79 Å². The summed E-state index contributed by atoms with van der Waals surface area (Å²) in [6.45, 7) is -0.422. The summed E-state index contributed by atoms with van der Waals surface area (Å²) in [4.78, 5) is 24.3. The van der Waals surface area contributed by atoms with E-state index in [1.165, 1.54) is 40.6 Å². The first kappa shape index (κ1) is 20.8. The largest absolute Gasteiger partial charge is 0.497 e. The van der Waals surface area contributed by atoms with Crippen molar-refractivity contribution in [1.82, 2.24) is 0 Å². The normalized spacial score (nSPS) is 10.4. The molecule has 148 valence electrons. The van der Waals surface area contributed by atoms with Gasteiger partial charge >= 0.3 is 5.97 Å². The van der Waals surface area contributed by atoms with Gasteiger partial charge < -0.3 is 23.7 Å². The Kier molecular flexibility index (Phi) is 7.45. The highest BCUT2D eigenvalue weighted by Gasteiger charge is 2.15. The monoisotopic (exact) mass is 386 g/mol. The molecule has 0 fully saturated rings. The SMILES string of the molecule is COc1cc(/C=C/C(=O)OCC(=O)c2cc(OC)ccc2OC)cc(OC)c1. The third-order valence-corrected chi connectivity index (χ3v) is 3.84. The maximum atomic E-state index is 12.4. The van der Waals surface area contributed by atoms with Gasteiger partial charge in [-0.05, 0) is 42.0 Å². The Hall–Kier alpha value is -3.48. The van der Waals surface area contributed by atoms with Crippen LogP contribution in [0.1, 0.15) is 15.9 Å². The predicted octanol–water partition coefficient (Wildman–Crippen LogP) is 3.16. The van der Waals surface area contributed by atoms with Crippen molar-refractivity contribution in [3.05, 3.63) is 53.6 Å². The van der Waals surface area contributed by atoms with Gasteiger partial charge in [0.1, 0.15) is 23.0 Å². The lowest BCUT2D eigenvalue weighted by Gasteiger charge is -2.09. The van der Waals surface area contributed by atoms with Crippen molar-refractivity contribution < 1.29 is 33.3 Å². The Bertz CT molecular complexity index is 849. The predicted molar refractivity (Wildman–Crippen MR) is 103 cm³/mol. The minimum atomic E-state index is -0.656. The molecule has 0 aromatic heterocycles. The standard InChI is InChI=1S/C21H22O7/c1-24-15-6-7-20(27-4)18(12-15)19(22)13-28-21(23)8-5-14-9-16(25-2)11-17(10-14)26-3/h5-12H,13H2,1-4H3/b8-5+. The molecule has 0 aliphatic rings. The third kappa shape index (κ3) is 5.51. The highest BCUT2D eigenvalue weighted by molar-refractivity contribution is 6.01. The van der Waals surface area contributed by atoms with Crippen LogP contribution in [0.3, 0.4) is 0 Å². The van der Waals surface area contributed by atoms with Crippen LogP contribution in [-0.4, -0.2) is 46.8 Å². The third-order valence-electron chi connectivity index (χ3n) is 3.84. The van der Waals surface area contributed by atoms with E-state index in [1.807, 2.05) is 0 Å². The van der Waals surface area contributed by atoms with Crippen LogP contribution >= 0.6 is 0 Å². The van der Waals surface area contributed by atoms with E-state index in [9.17, 15) is 9.59 Å². The van der Waals surface area contributed by atoms with Gasteiger partial charge in [-0.2, -0.15) is 0 Å². The van der Waals surface area contributed by atoms with Crippen molar-refractivity contribution in [3.63, 3.8) is 0 Å². The molecule has 0 amide bonds. The van der Waals surface area contributed by atoms with E-state index in [1.54, 1.807) is 36.4 Å². The first-order valence-corrected chi connectivity index (χ1v) is 8.33. The topological polar surface area (TPSA) is 80.3 Å². The van der Waals surface area contributed by atoms with E-state index < -0.39 is 18.4 Å². The van der Waals surface area contributed by atoms with Gasteiger partial charge in [-0.25, -0.2) is 4.79 Å². The van der Waals surface area contributed by atoms with Gasteiger partial charge in [-0.15, -0.1) is 0 Å². The van der Waals surface area contributed by atoms with Gasteiger partial charge in [0, 0.05) is 12.1 Å². The number of hydrogen-bond donors (Lipinski definition) is 0. The Labute approximate surface area is 163 Å². The van der Waals surface area contributed by atoms with Gasteiger partial charge in [0.2, 0.25) is 5.78 Å². The first-order valence-electron chi connectivity index (χ1n) is 8.33. The molecule has 0 saturated carbocycles. The molecular formula is C21H22O7. The molecule has 0 aliphatic carbocycles. The van der Waals surface area contributed by atoms with Crippen molar-refractivity contribution in [2.45, 2.75) is 0 Å². The molecule has 2 aromatic rings. The average molecular weight is 386 g/mol. The van der Waals surface area contributed by atoms with Gasteiger partial charge in [0.05, 0.1) is 34.0 Å². The van der Waals surface area contributed by atoms with Crippen LogP contribution in [0.2, 0.25) is 0 Å². The first-order chi connectivity index (χ1) is 13.5. The number of ketones is 1. The maximum Gasteiger partial charge on any atom is 0.331 e. The fourth-order valence-corrected chi connectivity index (χ4v) is 2.38. The van der Waals surface area contributed by atoms with Crippen LogP contribution in [0, 0.1) is 0 Å². The van der Waals surface area contributed by atoms with Crippen LogP contribution in [0.5, 0.6) is 23.0 Å². The van der Waals surface area contributed by atoms with E-state index in [0.717, 1.165) is 0 Å². The molecular weight excluding hydrogens is 364 g/mol. The number of rotatable bonds is 9. The fraction of sp³-hybridized carbons (Fsp3) is 0.238. The quantitative estimate of drug-likeness (QED) is 0.372. The van der Waals surface area contributed by atoms with Crippen LogP contribution in [0.15, 0.2) is 42.5 Å². The molecule has 2 rings (SSSR count). The molecule has 0 bridgehead atoms. The van der Waals surface area contributed by atoms with Crippen LogP contribution in [-0.2, 0) is 9.53 Å². The second kappa shape index (κ2) is 10.0. The molecule has 2 aromatic carbocycles. The average Bonchev–Trinajstić information content (AvgIpc) is 2.74. The molecule has 0 spiro atoms. The van der Waals surface area contributed by atoms with E-state index in [-0.39, 0.29) is 5.56 Å². The van der Waals surface area contributed by atoms with E-state index in [2.05, 4.69) is 0 Å². The van der Waals surface area contributed by atoms with E-state index >= 15 is 0 Å². The maximum absolute atomic E-state index is 12.4.